The summed E-state index contributed by atoms with van der Waals surface area (Å²) in [6.07, 6.45) is 9.40. The Labute approximate surface area is 162 Å². The maximum Gasteiger partial charge on any atom is 0.166 e. The number of nitrogens with zero attached hydrogens (tertiary/aromatic N) is 3. The fourth-order valence-corrected chi connectivity index (χ4v) is 4.94. The van der Waals surface area contributed by atoms with E-state index in [0.717, 1.165) is 51.9 Å². The standard InChI is InChI=1S/C23H31N3O/c1-17(2)25-11-8-21(9-12-25)27-23-14-20(23)13-18(15-24-23)16-26-10-7-19-5-3-4-6-22(19)26/h3-6,13,15,17,20-21H,7-12,14,16H2,1-2H3. The maximum atomic E-state index is 6.51. The van der Waals surface area contributed by atoms with Crippen LogP contribution in [0.5, 0.6) is 0 Å². The van der Waals surface area contributed by atoms with E-state index in [1.165, 1.54) is 16.8 Å². The van der Waals surface area contributed by atoms with Crippen molar-refractivity contribution < 1.29 is 4.74 Å². The molecule has 2 atom stereocenters. The van der Waals surface area contributed by atoms with Crippen LogP contribution in [-0.4, -0.2) is 55.2 Å². The lowest BCUT2D eigenvalue weighted by molar-refractivity contribution is -0.0613. The van der Waals surface area contributed by atoms with Crippen molar-refractivity contribution in [3.05, 3.63) is 41.5 Å². The van der Waals surface area contributed by atoms with Crippen molar-refractivity contribution in [2.24, 2.45) is 10.9 Å². The first-order valence-electron chi connectivity index (χ1n) is 10.6. The van der Waals surface area contributed by atoms with Crippen molar-refractivity contribution in [2.45, 2.75) is 57.4 Å². The van der Waals surface area contributed by atoms with Crippen LogP contribution >= 0.6 is 0 Å². The summed E-state index contributed by atoms with van der Waals surface area (Å²) in [6, 6.07) is 9.43. The Morgan fingerprint density at radius 3 is 2.78 bits per heavy atom. The largest absolute Gasteiger partial charge is 0.367 e. The Morgan fingerprint density at radius 1 is 1.19 bits per heavy atom. The summed E-state index contributed by atoms with van der Waals surface area (Å²) < 4.78 is 6.51. The van der Waals surface area contributed by atoms with Gasteiger partial charge in [-0.25, -0.2) is 0 Å². The molecule has 0 aromatic heterocycles. The lowest BCUT2D eigenvalue weighted by Crippen LogP contribution is -2.42. The van der Waals surface area contributed by atoms with Gasteiger partial charge >= 0.3 is 0 Å². The molecule has 4 nitrogen and oxygen atoms in total. The molecule has 144 valence electrons. The van der Waals surface area contributed by atoms with Gasteiger partial charge in [0.2, 0.25) is 0 Å². The molecule has 1 aromatic rings. The van der Waals surface area contributed by atoms with Crippen LogP contribution in [0.1, 0.15) is 38.7 Å². The third kappa shape index (κ3) is 3.34. The quantitative estimate of drug-likeness (QED) is 0.797. The molecule has 3 aliphatic heterocycles. The molecule has 1 saturated carbocycles. The van der Waals surface area contributed by atoms with Crippen molar-refractivity contribution in [1.82, 2.24) is 4.90 Å². The molecule has 0 spiro atoms. The minimum absolute atomic E-state index is 0.225. The molecule has 27 heavy (non-hydrogen) atoms. The van der Waals surface area contributed by atoms with Crippen molar-refractivity contribution in [3.63, 3.8) is 0 Å². The average molecular weight is 366 g/mol. The van der Waals surface area contributed by atoms with Gasteiger partial charge in [-0.05, 0) is 50.3 Å². The summed E-state index contributed by atoms with van der Waals surface area (Å²) in [5, 5.41) is 0. The molecule has 0 radical (unpaired) electrons. The smallest absolute Gasteiger partial charge is 0.166 e. The second-order valence-corrected chi connectivity index (χ2v) is 8.90. The highest BCUT2D eigenvalue weighted by Crippen LogP contribution is 2.52. The van der Waals surface area contributed by atoms with Gasteiger partial charge in [0.1, 0.15) is 0 Å². The van der Waals surface area contributed by atoms with Gasteiger partial charge in [-0.2, -0.15) is 0 Å². The van der Waals surface area contributed by atoms with Crippen molar-refractivity contribution in [1.29, 1.82) is 0 Å². The maximum absolute atomic E-state index is 6.51. The highest BCUT2D eigenvalue weighted by molar-refractivity contribution is 5.82. The van der Waals surface area contributed by atoms with Gasteiger partial charge in [0.05, 0.1) is 6.10 Å². The Balaban J connectivity index is 1.17. The van der Waals surface area contributed by atoms with Gasteiger partial charge in [0.15, 0.2) is 5.72 Å². The Bertz CT molecular complexity index is 763. The molecule has 3 heterocycles. The van der Waals surface area contributed by atoms with E-state index in [1.54, 1.807) is 0 Å². The summed E-state index contributed by atoms with van der Waals surface area (Å²) in [5.74, 6) is 0.485. The van der Waals surface area contributed by atoms with Gasteiger partial charge in [0, 0.05) is 56.5 Å². The summed E-state index contributed by atoms with van der Waals surface area (Å²) >= 11 is 0. The van der Waals surface area contributed by atoms with E-state index in [2.05, 4.69) is 60.2 Å². The Kier molecular flexibility index (Phi) is 4.36. The van der Waals surface area contributed by atoms with Crippen molar-refractivity contribution in [3.8, 4) is 0 Å². The van der Waals surface area contributed by atoms with E-state index < -0.39 is 0 Å². The van der Waals surface area contributed by atoms with Gasteiger partial charge in [-0.3, -0.25) is 4.99 Å². The van der Waals surface area contributed by atoms with Crippen LogP contribution in [0.3, 0.4) is 0 Å². The number of aliphatic imine (C=N–C) groups is 1. The second kappa shape index (κ2) is 6.75. The SMILES string of the molecule is CC(C)N1CCC(OC23CC2C=C(CN2CCc4ccccc42)C=N3)CC1. The Morgan fingerprint density at radius 2 is 2.00 bits per heavy atom. The Hall–Kier alpha value is -1.65. The summed E-state index contributed by atoms with van der Waals surface area (Å²) in [7, 11) is 0. The minimum atomic E-state index is -0.225. The summed E-state index contributed by atoms with van der Waals surface area (Å²) in [6.45, 7) is 8.97. The van der Waals surface area contributed by atoms with E-state index in [4.69, 9.17) is 9.73 Å². The fourth-order valence-electron chi connectivity index (χ4n) is 4.94. The number of dihydropyridines is 1. The molecule has 0 N–H and O–H groups in total. The minimum Gasteiger partial charge on any atom is -0.367 e. The van der Waals surface area contributed by atoms with Crippen LogP contribution in [0.15, 0.2) is 40.9 Å². The molecule has 4 heteroatoms. The van der Waals surface area contributed by atoms with Gasteiger partial charge in [0.25, 0.3) is 0 Å². The first kappa shape index (κ1) is 17.4. The first-order chi connectivity index (χ1) is 13.1. The third-order valence-corrected chi connectivity index (χ3v) is 6.73. The predicted octanol–water partition coefficient (Wildman–Crippen LogP) is 3.67. The van der Waals surface area contributed by atoms with Crippen LogP contribution in [0.4, 0.5) is 5.69 Å². The highest BCUT2D eigenvalue weighted by Gasteiger charge is 2.57. The number of hydrogen-bond donors (Lipinski definition) is 0. The number of hydrogen-bond acceptors (Lipinski definition) is 4. The normalized spacial score (nSPS) is 30.4. The van der Waals surface area contributed by atoms with Crippen LogP contribution < -0.4 is 4.90 Å². The second-order valence-electron chi connectivity index (χ2n) is 8.90. The summed E-state index contributed by atoms with van der Waals surface area (Å²) in [4.78, 5) is 9.95. The number of ether oxygens (including phenoxy) is 1. The molecule has 1 saturated heterocycles. The number of anilines is 1. The summed E-state index contributed by atoms with van der Waals surface area (Å²) in [5.41, 5.74) is 4.00. The van der Waals surface area contributed by atoms with E-state index in [-0.39, 0.29) is 5.72 Å². The molecular formula is C23H31N3O. The van der Waals surface area contributed by atoms with Crippen molar-refractivity contribution >= 4 is 11.9 Å². The third-order valence-electron chi connectivity index (χ3n) is 6.73. The number of rotatable bonds is 5. The first-order valence-corrected chi connectivity index (χ1v) is 10.6. The van der Waals surface area contributed by atoms with E-state index in [1.807, 2.05) is 0 Å². The van der Waals surface area contributed by atoms with Gasteiger partial charge < -0.3 is 14.5 Å². The number of para-hydroxylation sites is 1. The molecule has 5 rings (SSSR count). The fraction of sp³-hybridized carbons (Fsp3) is 0.609. The van der Waals surface area contributed by atoms with E-state index in [9.17, 15) is 0 Å². The molecule has 4 aliphatic rings. The molecular weight excluding hydrogens is 334 g/mol. The van der Waals surface area contributed by atoms with E-state index >= 15 is 0 Å². The predicted molar refractivity (Wildman–Crippen MR) is 111 cm³/mol. The van der Waals surface area contributed by atoms with Crippen LogP contribution in [0.25, 0.3) is 0 Å². The number of benzene rings is 1. The topological polar surface area (TPSA) is 28.1 Å². The lowest BCUT2D eigenvalue weighted by atomic mass is 10.1. The van der Waals surface area contributed by atoms with Crippen LogP contribution in [-0.2, 0) is 11.2 Å². The van der Waals surface area contributed by atoms with Crippen LogP contribution in [0, 0.1) is 5.92 Å². The molecule has 0 bridgehead atoms. The molecule has 1 aliphatic carbocycles. The van der Waals surface area contributed by atoms with Gasteiger partial charge in [-0.1, -0.05) is 24.3 Å². The lowest BCUT2D eigenvalue weighted by Gasteiger charge is -2.36. The number of fused-ring (bicyclic) bond motifs is 2. The van der Waals surface area contributed by atoms with Crippen molar-refractivity contribution in [2.75, 3.05) is 31.1 Å². The number of piperidine rings is 1. The zero-order valence-corrected chi connectivity index (χ0v) is 16.6. The molecule has 2 fully saturated rings. The zero-order valence-electron chi connectivity index (χ0n) is 16.6. The molecule has 0 amide bonds. The van der Waals surface area contributed by atoms with E-state index in [0.29, 0.717) is 18.1 Å². The van der Waals surface area contributed by atoms with Gasteiger partial charge in [-0.15, -0.1) is 0 Å². The molecule has 2 unspecified atom stereocenters. The highest BCUT2D eigenvalue weighted by atomic mass is 16.5. The van der Waals surface area contributed by atoms with Crippen LogP contribution in [0.2, 0.25) is 0 Å². The monoisotopic (exact) mass is 365 g/mol. The number of likely N-dealkylation sites (tertiary alicyclic amines) is 1. The molecule has 1 aromatic carbocycles. The zero-order chi connectivity index (χ0) is 18.4. The average Bonchev–Trinajstić information content (AvgIpc) is 3.24.